The van der Waals surface area contributed by atoms with Crippen LogP contribution in [0.4, 0.5) is 0 Å². The molecule has 3 heteroatoms. The summed E-state index contributed by atoms with van der Waals surface area (Å²) in [6.45, 7) is 15.5. The molecule has 0 aliphatic heterocycles. The normalized spacial score (nSPS) is 33.3. The van der Waals surface area contributed by atoms with Gasteiger partial charge in [0, 0.05) is 12.8 Å². The molecule has 2 aliphatic rings. The quantitative estimate of drug-likeness (QED) is 0.521. The molecule has 2 aliphatic carbocycles. The Labute approximate surface area is 131 Å². The highest BCUT2D eigenvalue weighted by atomic mass is 28.4. The highest BCUT2D eigenvalue weighted by Crippen LogP contribution is 2.55. The summed E-state index contributed by atoms with van der Waals surface area (Å²) in [6, 6.07) is 0. The van der Waals surface area contributed by atoms with Crippen molar-refractivity contribution in [3.63, 3.8) is 0 Å². The molecule has 0 saturated heterocycles. The molecule has 0 amide bonds. The van der Waals surface area contributed by atoms with Crippen LogP contribution in [0.15, 0.2) is 12.7 Å². The Morgan fingerprint density at radius 2 is 2.05 bits per heavy atom. The molecule has 2 saturated carbocycles. The molecular formula is C18H32O2Si. The first kappa shape index (κ1) is 16.9. The van der Waals surface area contributed by atoms with Gasteiger partial charge in [-0.3, -0.25) is 4.79 Å². The number of carbonyl (C=O) groups excluding carboxylic acids is 1. The second-order valence-electron chi connectivity index (χ2n) is 8.61. The number of carbonyl (C=O) groups is 1. The van der Waals surface area contributed by atoms with Crippen molar-refractivity contribution in [3.8, 4) is 0 Å². The van der Waals surface area contributed by atoms with E-state index in [1.165, 1.54) is 6.42 Å². The first-order chi connectivity index (χ1) is 9.61. The van der Waals surface area contributed by atoms with Crippen LogP contribution in [0.25, 0.3) is 0 Å². The lowest BCUT2D eigenvalue weighted by molar-refractivity contribution is -0.118. The van der Waals surface area contributed by atoms with Crippen molar-refractivity contribution in [1.29, 1.82) is 0 Å². The van der Waals surface area contributed by atoms with Gasteiger partial charge in [0.05, 0.1) is 5.60 Å². The van der Waals surface area contributed by atoms with Gasteiger partial charge < -0.3 is 4.43 Å². The van der Waals surface area contributed by atoms with E-state index >= 15 is 0 Å². The predicted octanol–water partition coefficient (Wildman–Crippen LogP) is 5.10. The third-order valence-corrected chi connectivity index (χ3v) is 10.7. The molecule has 2 nitrogen and oxygen atoms in total. The van der Waals surface area contributed by atoms with E-state index < -0.39 is 8.32 Å². The van der Waals surface area contributed by atoms with E-state index in [0.717, 1.165) is 32.1 Å². The highest BCUT2D eigenvalue weighted by molar-refractivity contribution is 6.74. The monoisotopic (exact) mass is 308 g/mol. The second kappa shape index (κ2) is 5.66. The Hall–Kier alpha value is -0.413. The van der Waals surface area contributed by atoms with Gasteiger partial charge in [0.25, 0.3) is 0 Å². The van der Waals surface area contributed by atoms with E-state index in [-0.39, 0.29) is 10.6 Å². The van der Waals surface area contributed by atoms with Gasteiger partial charge in [0.2, 0.25) is 0 Å². The van der Waals surface area contributed by atoms with Crippen LogP contribution in [0.5, 0.6) is 0 Å². The number of Topliss-reactive ketones (excluding diaryl/α,β-unsaturated/α-hetero) is 1. The lowest BCUT2D eigenvalue weighted by Gasteiger charge is -2.47. The Kier molecular flexibility index (Phi) is 4.57. The van der Waals surface area contributed by atoms with Crippen LogP contribution in [0.1, 0.15) is 59.3 Å². The highest BCUT2D eigenvalue weighted by Gasteiger charge is 2.56. The summed E-state index contributed by atoms with van der Waals surface area (Å²) in [5.74, 6) is 1.48. The maximum absolute atomic E-state index is 11.9. The average molecular weight is 309 g/mol. The minimum atomic E-state index is -1.82. The fourth-order valence-electron chi connectivity index (χ4n) is 3.96. The van der Waals surface area contributed by atoms with E-state index in [2.05, 4.69) is 40.4 Å². The molecule has 0 bridgehead atoms. The zero-order valence-corrected chi connectivity index (χ0v) is 15.5. The molecule has 0 aromatic heterocycles. The van der Waals surface area contributed by atoms with Gasteiger partial charge >= 0.3 is 0 Å². The molecule has 0 heterocycles. The van der Waals surface area contributed by atoms with Crippen LogP contribution in [-0.4, -0.2) is 19.7 Å². The maximum Gasteiger partial charge on any atom is 0.192 e. The zero-order chi connectivity index (χ0) is 15.9. The van der Waals surface area contributed by atoms with Crippen molar-refractivity contribution in [2.75, 3.05) is 0 Å². The topological polar surface area (TPSA) is 26.3 Å². The molecule has 3 atom stereocenters. The molecule has 0 radical (unpaired) electrons. The van der Waals surface area contributed by atoms with Crippen LogP contribution >= 0.6 is 0 Å². The summed E-state index contributed by atoms with van der Waals surface area (Å²) in [7, 11) is -1.82. The first-order valence-corrected chi connectivity index (χ1v) is 11.3. The van der Waals surface area contributed by atoms with E-state index in [1.807, 2.05) is 6.08 Å². The molecule has 2 fully saturated rings. The van der Waals surface area contributed by atoms with Gasteiger partial charge in [-0.2, -0.15) is 0 Å². The summed E-state index contributed by atoms with van der Waals surface area (Å²) in [5.41, 5.74) is -0.0615. The summed E-state index contributed by atoms with van der Waals surface area (Å²) in [4.78, 5) is 11.9. The standard InChI is InChI=1S/C18H32O2Si/c1-7-8-10-18(20-21(5,6)17(2,3)4)11-9-14-12-15(19)13-16(14)18/h7,14,16H,1,8-13H2,2-6H3/t14-,16-,18+/m1/s1. The van der Waals surface area contributed by atoms with Gasteiger partial charge in [-0.1, -0.05) is 26.8 Å². The summed E-state index contributed by atoms with van der Waals surface area (Å²) in [6.07, 6.45) is 7.88. The Morgan fingerprint density at radius 1 is 1.38 bits per heavy atom. The third-order valence-electron chi connectivity index (χ3n) is 6.16. The van der Waals surface area contributed by atoms with Crippen LogP contribution in [0.2, 0.25) is 18.1 Å². The lowest BCUT2D eigenvalue weighted by Crippen LogP contribution is -2.51. The van der Waals surface area contributed by atoms with Crippen molar-refractivity contribution in [1.82, 2.24) is 0 Å². The Balaban J connectivity index is 2.26. The molecule has 21 heavy (non-hydrogen) atoms. The van der Waals surface area contributed by atoms with Crippen LogP contribution in [0.3, 0.4) is 0 Å². The van der Waals surface area contributed by atoms with E-state index in [0.29, 0.717) is 17.6 Å². The van der Waals surface area contributed by atoms with Gasteiger partial charge in [-0.25, -0.2) is 0 Å². The Bertz CT molecular complexity index is 421. The van der Waals surface area contributed by atoms with Crippen molar-refractivity contribution in [2.45, 2.75) is 83.0 Å². The van der Waals surface area contributed by atoms with Crippen LogP contribution in [0, 0.1) is 11.8 Å². The van der Waals surface area contributed by atoms with Crippen LogP contribution < -0.4 is 0 Å². The predicted molar refractivity (Wildman–Crippen MR) is 90.9 cm³/mol. The number of hydrogen-bond donors (Lipinski definition) is 0. The lowest BCUT2D eigenvalue weighted by atomic mass is 9.84. The molecule has 2 rings (SSSR count). The van der Waals surface area contributed by atoms with Crippen molar-refractivity contribution >= 4 is 14.1 Å². The van der Waals surface area contributed by atoms with Crippen molar-refractivity contribution in [2.24, 2.45) is 11.8 Å². The summed E-state index contributed by atoms with van der Waals surface area (Å²) in [5, 5.41) is 0.217. The van der Waals surface area contributed by atoms with Gasteiger partial charge in [0.1, 0.15) is 5.78 Å². The van der Waals surface area contributed by atoms with Gasteiger partial charge in [-0.15, -0.1) is 6.58 Å². The molecule has 0 spiro atoms. The number of rotatable bonds is 5. The molecule has 0 N–H and O–H groups in total. The molecular weight excluding hydrogens is 276 g/mol. The largest absolute Gasteiger partial charge is 0.411 e. The molecule has 0 aromatic rings. The minimum absolute atomic E-state index is 0.0615. The number of ketones is 1. The Morgan fingerprint density at radius 3 is 2.62 bits per heavy atom. The van der Waals surface area contributed by atoms with E-state index in [4.69, 9.17) is 4.43 Å². The zero-order valence-electron chi connectivity index (χ0n) is 14.5. The second-order valence-corrected chi connectivity index (χ2v) is 13.3. The minimum Gasteiger partial charge on any atom is -0.411 e. The smallest absolute Gasteiger partial charge is 0.192 e. The number of allylic oxidation sites excluding steroid dienone is 1. The third kappa shape index (κ3) is 3.19. The van der Waals surface area contributed by atoms with Gasteiger partial charge in [0.15, 0.2) is 8.32 Å². The van der Waals surface area contributed by atoms with Crippen molar-refractivity contribution < 1.29 is 9.22 Å². The molecule has 0 aromatic carbocycles. The van der Waals surface area contributed by atoms with Gasteiger partial charge in [-0.05, 0) is 55.7 Å². The fourth-order valence-corrected chi connectivity index (χ4v) is 5.64. The average Bonchev–Trinajstić information content (AvgIpc) is 2.85. The SMILES string of the molecule is C=CCC[C@]1(O[Si](C)(C)C(C)(C)C)CC[C@@H]2CC(=O)C[C@H]21. The van der Waals surface area contributed by atoms with E-state index in [9.17, 15) is 4.79 Å². The maximum atomic E-state index is 11.9. The fraction of sp³-hybridized carbons (Fsp3) is 0.833. The molecule has 120 valence electrons. The number of fused-ring (bicyclic) bond motifs is 1. The molecule has 0 unspecified atom stereocenters. The number of hydrogen-bond acceptors (Lipinski definition) is 2. The van der Waals surface area contributed by atoms with Crippen molar-refractivity contribution in [3.05, 3.63) is 12.7 Å². The van der Waals surface area contributed by atoms with Crippen LogP contribution in [-0.2, 0) is 9.22 Å². The summed E-state index contributed by atoms with van der Waals surface area (Å²) >= 11 is 0. The van der Waals surface area contributed by atoms with E-state index in [1.54, 1.807) is 0 Å². The first-order valence-electron chi connectivity index (χ1n) is 8.44. The summed E-state index contributed by atoms with van der Waals surface area (Å²) < 4.78 is 6.95.